The Bertz CT molecular complexity index is 1490. The SMILES string of the molecule is CC(CN(C)N(Cc1nccn1CC(=O)O)Cc1nccn1CC(=O)O)C(N)C(=O)NCCCCC(NC(=O)NC(CCC(=O)O)C(=O)O)C(=O)O. The van der Waals surface area contributed by atoms with Crippen LogP contribution in [0, 0.1) is 5.92 Å². The van der Waals surface area contributed by atoms with Gasteiger partial charge in [0, 0.05) is 51.3 Å². The maximum absolute atomic E-state index is 12.9. The summed E-state index contributed by atoms with van der Waals surface area (Å²) in [7, 11) is 1.72. The van der Waals surface area contributed by atoms with Gasteiger partial charge in [0.25, 0.3) is 0 Å². The van der Waals surface area contributed by atoms with Crippen molar-refractivity contribution < 1.29 is 59.1 Å². The van der Waals surface area contributed by atoms with E-state index in [1.54, 1.807) is 24.0 Å². The maximum Gasteiger partial charge on any atom is 0.326 e. The topological polar surface area (TPSA) is 325 Å². The van der Waals surface area contributed by atoms with Crippen LogP contribution < -0.4 is 21.7 Å². The van der Waals surface area contributed by atoms with Gasteiger partial charge in [-0.3, -0.25) is 19.2 Å². The summed E-state index contributed by atoms with van der Waals surface area (Å²) in [5, 5.41) is 56.4. The number of carboxylic acid groups (broad SMARTS) is 5. The van der Waals surface area contributed by atoms with Gasteiger partial charge in [-0.1, -0.05) is 6.92 Å². The number of hydrogen-bond acceptors (Lipinski definition) is 12. The highest BCUT2D eigenvalue weighted by Crippen LogP contribution is 2.14. The first-order chi connectivity index (χ1) is 24.5. The molecule has 0 spiro atoms. The van der Waals surface area contributed by atoms with Crippen molar-refractivity contribution in [2.45, 2.75) is 83.3 Å². The summed E-state index contributed by atoms with van der Waals surface area (Å²) < 4.78 is 2.91. The second-order valence-electron chi connectivity index (χ2n) is 12.0. The van der Waals surface area contributed by atoms with Gasteiger partial charge in [0.15, 0.2) is 0 Å². The van der Waals surface area contributed by atoms with Crippen LogP contribution in [0.4, 0.5) is 4.79 Å². The number of nitrogens with one attached hydrogen (secondary N) is 3. The number of carboxylic acids is 5. The van der Waals surface area contributed by atoms with Gasteiger partial charge in [-0.05, 0) is 31.6 Å². The zero-order valence-electron chi connectivity index (χ0n) is 28.8. The fraction of sp³-hybridized carbons (Fsp3) is 0.567. The Morgan fingerprint density at radius 2 is 1.29 bits per heavy atom. The van der Waals surface area contributed by atoms with Gasteiger partial charge in [0.1, 0.15) is 36.8 Å². The molecule has 288 valence electrons. The highest BCUT2D eigenvalue weighted by atomic mass is 16.4. The lowest BCUT2D eigenvalue weighted by Gasteiger charge is -2.34. The molecule has 22 nitrogen and oxygen atoms in total. The average molecular weight is 739 g/mol. The lowest BCUT2D eigenvalue weighted by molar-refractivity contribution is -0.141. The lowest BCUT2D eigenvalue weighted by Crippen LogP contribution is -2.51. The molecule has 0 fully saturated rings. The summed E-state index contributed by atoms with van der Waals surface area (Å²) in [4.78, 5) is 90.0. The van der Waals surface area contributed by atoms with Crippen molar-refractivity contribution in [2.75, 3.05) is 20.1 Å². The summed E-state index contributed by atoms with van der Waals surface area (Å²) in [6.07, 6.45) is 5.56. The smallest absolute Gasteiger partial charge is 0.326 e. The number of amides is 3. The Labute approximate surface area is 297 Å². The van der Waals surface area contributed by atoms with Gasteiger partial charge in [-0.25, -0.2) is 34.4 Å². The van der Waals surface area contributed by atoms with E-state index in [0.29, 0.717) is 18.1 Å². The molecule has 2 aromatic rings. The number of unbranched alkanes of at least 4 members (excludes halogenated alkanes) is 1. The number of aromatic nitrogens is 4. The van der Waals surface area contributed by atoms with Crippen molar-refractivity contribution in [3.8, 4) is 0 Å². The predicted molar refractivity (Wildman–Crippen MR) is 177 cm³/mol. The van der Waals surface area contributed by atoms with Crippen LogP contribution in [0.25, 0.3) is 0 Å². The Morgan fingerprint density at radius 1 is 0.788 bits per heavy atom. The lowest BCUT2D eigenvalue weighted by atomic mass is 10.0. The molecule has 2 aromatic heterocycles. The zero-order chi connectivity index (χ0) is 39.0. The van der Waals surface area contributed by atoms with Crippen LogP contribution in [0.15, 0.2) is 24.8 Å². The fourth-order valence-corrected chi connectivity index (χ4v) is 5.03. The fourth-order valence-electron chi connectivity index (χ4n) is 5.03. The molecular weight excluding hydrogens is 692 g/mol. The minimum atomic E-state index is -1.53. The molecular formula is C30H46N10O12. The average Bonchev–Trinajstić information content (AvgIpc) is 3.68. The third-order valence-corrected chi connectivity index (χ3v) is 7.89. The number of urea groups is 1. The molecule has 10 N–H and O–H groups in total. The number of carbonyl (C=O) groups is 7. The minimum Gasteiger partial charge on any atom is -0.481 e. The molecule has 0 saturated carbocycles. The first-order valence-corrected chi connectivity index (χ1v) is 16.2. The van der Waals surface area contributed by atoms with E-state index in [1.807, 2.05) is 0 Å². The molecule has 0 aliphatic heterocycles. The van der Waals surface area contributed by atoms with Crippen molar-refractivity contribution in [2.24, 2.45) is 11.7 Å². The number of rotatable bonds is 25. The molecule has 2 heterocycles. The summed E-state index contributed by atoms with van der Waals surface area (Å²) in [6.45, 7) is 1.70. The third kappa shape index (κ3) is 14.7. The van der Waals surface area contributed by atoms with Crippen LogP contribution >= 0.6 is 0 Å². The molecule has 0 saturated heterocycles. The van der Waals surface area contributed by atoms with Crippen molar-refractivity contribution in [1.82, 2.24) is 45.1 Å². The summed E-state index contributed by atoms with van der Waals surface area (Å²) in [6, 6.07) is -4.97. The van der Waals surface area contributed by atoms with E-state index in [4.69, 9.17) is 10.8 Å². The molecule has 4 unspecified atom stereocenters. The van der Waals surface area contributed by atoms with Crippen molar-refractivity contribution >= 4 is 41.8 Å². The highest BCUT2D eigenvalue weighted by Gasteiger charge is 2.27. The van der Waals surface area contributed by atoms with E-state index >= 15 is 0 Å². The van der Waals surface area contributed by atoms with Crippen LogP contribution in [-0.4, -0.2) is 135 Å². The largest absolute Gasteiger partial charge is 0.481 e. The van der Waals surface area contributed by atoms with Gasteiger partial charge >= 0.3 is 35.9 Å². The van der Waals surface area contributed by atoms with Gasteiger partial charge < -0.3 is 56.4 Å². The number of hydrazine groups is 1. The van der Waals surface area contributed by atoms with Gasteiger partial charge in [0.05, 0.1) is 19.1 Å². The maximum atomic E-state index is 12.9. The molecule has 22 heteroatoms. The van der Waals surface area contributed by atoms with E-state index in [2.05, 4.69) is 25.9 Å². The molecule has 4 atom stereocenters. The van der Waals surface area contributed by atoms with Gasteiger partial charge in [0.2, 0.25) is 5.91 Å². The number of nitrogens with two attached hydrogens (primary N) is 1. The second-order valence-corrected chi connectivity index (χ2v) is 12.0. The molecule has 0 aromatic carbocycles. The van der Waals surface area contributed by atoms with E-state index in [0.717, 1.165) is 0 Å². The minimum absolute atomic E-state index is 0.0516. The van der Waals surface area contributed by atoms with Crippen LogP contribution in [0.1, 0.15) is 50.7 Å². The van der Waals surface area contributed by atoms with E-state index < -0.39 is 78.7 Å². The van der Waals surface area contributed by atoms with Crippen LogP contribution in [0.3, 0.4) is 0 Å². The van der Waals surface area contributed by atoms with E-state index in [9.17, 15) is 54.0 Å². The second kappa shape index (κ2) is 20.9. The van der Waals surface area contributed by atoms with E-state index in [1.165, 1.54) is 33.9 Å². The van der Waals surface area contributed by atoms with Crippen LogP contribution in [0.5, 0.6) is 0 Å². The Kier molecular flexibility index (Phi) is 17.1. The molecule has 0 aliphatic rings. The van der Waals surface area contributed by atoms with Gasteiger partial charge in [-0.15, -0.1) is 0 Å². The van der Waals surface area contributed by atoms with Crippen molar-refractivity contribution in [3.63, 3.8) is 0 Å². The monoisotopic (exact) mass is 738 g/mol. The molecule has 52 heavy (non-hydrogen) atoms. The number of aliphatic carboxylic acids is 5. The van der Waals surface area contributed by atoms with Gasteiger partial charge in [-0.2, -0.15) is 0 Å². The normalized spacial score (nSPS) is 13.6. The third-order valence-electron chi connectivity index (χ3n) is 7.89. The summed E-state index contributed by atoms with van der Waals surface area (Å²) in [5.41, 5.74) is 6.27. The number of nitrogens with zero attached hydrogens (tertiary/aromatic N) is 6. The van der Waals surface area contributed by atoms with Crippen molar-refractivity contribution in [3.05, 3.63) is 36.4 Å². The summed E-state index contributed by atoms with van der Waals surface area (Å²) >= 11 is 0. The predicted octanol–water partition coefficient (Wildman–Crippen LogP) is -1.58. The molecule has 0 aliphatic carbocycles. The first kappa shape index (κ1) is 42.6. The highest BCUT2D eigenvalue weighted by molar-refractivity contribution is 5.86. The molecule has 3 amide bonds. The number of imidazole rings is 2. The van der Waals surface area contributed by atoms with Crippen LogP contribution in [0.2, 0.25) is 0 Å². The molecule has 0 radical (unpaired) electrons. The number of carbonyl (C=O) groups excluding carboxylic acids is 2. The van der Waals surface area contributed by atoms with E-state index in [-0.39, 0.29) is 52.1 Å². The summed E-state index contributed by atoms with van der Waals surface area (Å²) in [5.74, 6) is -6.31. The first-order valence-electron chi connectivity index (χ1n) is 16.2. The Morgan fingerprint density at radius 3 is 1.75 bits per heavy atom. The molecule has 2 rings (SSSR count). The zero-order valence-corrected chi connectivity index (χ0v) is 28.8. The van der Waals surface area contributed by atoms with Crippen molar-refractivity contribution in [1.29, 1.82) is 0 Å². The standard InChI is InChI=1S/C30H46N10O12/c1-18(13-37(2)40(14-21-32-9-11-38(21)16-24(43)44)15-22-33-10-12-39(22)17-25(45)46)26(31)27(47)34-8-4-3-5-19(28(48)49)35-30(52)36-20(29(50)51)6-7-23(41)42/h9-12,18-20,26H,3-8,13-17,31H2,1-2H3,(H,34,47)(H,41,42)(H,43,44)(H,45,46)(H,48,49)(H,50,51)(H2,35,36,52). The molecule has 0 bridgehead atoms. The quantitative estimate of drug-likeness (QED) is 0.0410. The Hall–Kier alpha value is -5.61. The van der Waals surface area contributed by atoms with Crippen LogP contribution in [-0.2, 0) is 54.9 Å². The Balaban J connectivity index is 1.94. The number of hydrogen-bond donors (Lipinski definition) is 9.